The third-order valence-electron chi connectivity index (χ3n) is 4.20. The van der Waals surface area contributed by atoms with E-state index in [-0.39, 0.29) is 18.0 Å². The molecule has 0 radical (unpaired) electrons. The van der Waals surface area contributed by atoms with Crippen LogP contribution < -0.4 is 11.1 Å². The Morgan fingerprint density at radius 1 is 1.52 bits per heavy atom. The minimum absolute atomic E-state index is 0.103. The highest BCUT2D eigenvalue weighted by Crippen LogP contribution is 2.35. The second-order valence-corrected chi connectivity index (χ2v) is 5.58. The summed E-state index contributed by atoms with van der Waals surface area (Å²) < 4.78 is 0. The molecule has 0 atom stereocenters. The summed E-state index contributed by atoms with van der Waals surface area (Å²) in [6, 6.07) is 1.69. The van der Waals surface area contributed by atoms with Gasteiger partial charge in [0.1, 0.15) is 0 Å². The van der Waals surface area contributed by atoms with Crippen molar-refractivity contribution in [1.82, 2.24) is 15.2 Å². The third kappa shape index (κ3) is 3.41. The van der Waals surface area contributed by atoms with E-state index in [0.29, 0.717) is 17.7 Å². The fourth-order valence-corrected chi connectivity index (χ4v) is 2.55. The van der Waals surface area contributed by atoms with Gasteiger partial charge < -0.3 is 16.0 Å². The SMILES string of the molecule is CN(C)C1(CNC(=O)c2ccncc2C#CCN)CCC1. The molecule has 2 rings (SSSR count). The Hall–Kier alpha value is -1.90. The van der Waals surface area contributed by atoms with Gasteiger partial charge in [-0.2, -0.15) is 0 Å². The molecule has 1 saturated carbocycles. The molecule has 1 aromatic rings. The Balaban J connectivity index is 2.07. The summed E-state index contributed by atoms with van der Waals surface area (Å²) >= 11 is 0. The van der Waals surface area contributed by atoms with Crippen molar-refractivity contribution in [2.45, 2.75) is 24.8 Å². The topological polar surface area (TPSA) is 71.2 Å². The first-order valence-electron chi connectivity index (χ1n) is 7.18. The van der Waals surface area contributed by atoms with Gasteiger partial charge in [0.2, 0.25) is 0 Å². The van der Waals surface area contributed by atoms with Crippen LogP contribution in [0, 0.1) is 11.8 Å². The average Bonchev–Trinajstić information content (AvgIpc) is 2.43. The molecular weight excluding hydrogens is 264 g/mol. The van der Waals surface area contributed by atoms with E-state index in [1.54, 1.807) is 18.5 Å². The van der Waals surface area contributed by atoms with Gasteiger partial charge in [0, 0.05) is 24.5 Å². The highest BCUT2D eigenvalue weighted by Gasteiger charge is 2.39. The van der Waals surface area contributed by atoms with E-state index in [4.69, 9.17) is 5.73 Å². The van der Waals surface area contributed by atoms with E-state index in [9.17, 15) is 4.79 Å². The van der Waals surface area contributed by atoms with Crippen LogP contribution in [0.3, 0.4) is 0 Å². The van der Waals surface area contributed by atoms with Crippen LogP contribution in [0.1, 0.15) is 35.2 Å². The Kier molecular flexibility index (Phi) is 4.94. The monoisotopic (exact) mass is 286 g/mol. The minimum Gasteiger partial charge on any atom is -0.350 e. The van der Waals surface area contributed by atoms with Gasteiger partial charge in [-0.1, -0.05) is 11.8 Å². The van der Waals surface area contributed by atoms with Crippen LogP contribution in [-0.4, -0.2) is 48.5 Å². The van der Waals surface area contributed by atoms with Gasteiger partial charge in [-0.05, 0) is 39.4 Å². The van der Waals surface area contributed by atoms with E-state index in [2.05, 4.69) is 41.1 Å². The molecule has 1 aromatic heterocycles. The van der Waals surface area contributed by atoms with Gasteiger partial charge in [0.15, 0.2) is 0 Å². The van der Waals surface area contributed by atoms with Crippen LogP contribution in [0.25, 0.3) is 0 Å². The number of carbonyl (C=O) groups is 1. The fourth-order valence-electron chi connectivity index (χ4n) is 2.55. The number of nitrogens with one attached hydrogen (secondary N) is 1. The standard InChI is InChI=1S/C16H22N4O/c1-20(2)16(7-4-8-16)12-19-15(21)14-6-10-18-11-13(14)5-3-9-17/h6,10-11H,4,7-9,12,17H2,1-2H3,(H,19,21). The highest BCUT2D eigenvalue weighted by atomic mass is 16.1. The van der Waals surface area contributed by atoms with Gasteiger partial charge in [-0.3, -0.25) is 9.78 Å². The van der Waals surface area contributed by atoms with Crippen LogP contribution in [0.2, 0.25) is 0 Å². The van der Waals surface area contributed by atoms with E-state index < -0.39 is 0 Å². The molecule has 0 aliphatic heterocycles. The zero-order valence-corrected chi connectivity index (χ0v) is 12.6. The molecule has 0 bridgehead atoms. The lowest BCUT2D eigenvalue weighted by Crippen LogP contribution is -2.57. The maximum Gasteiger partial charge on any atom is 0.252 e. The minimum atomic E-state index is -0.105. The fraction of sp³-hybridized carbons (Fsp3) is 0.500. The van der Waals surface area contributed by atoms with Crippen molar-refractivity contribution < 1.29 is 4.79 Å². The van der Waals surface area contributed by atoms with Crippen molar-refractivity contribution in [3.8, 4) is 11.8 Å². The van der Waals surface area contributed by atoms with E-state index in [1.807, 2.05) is 0 Å². The third-order valence-corrected chi connectivity index (χ3v) is 4.20. The number of aromatic nitrogens is 1. The number of pyridine rings is 1. The summed E-state index contributed by atoms with van der Waals surface area (Å²) in [5.41, 5.74) is 6.65. The normalized spacial score (nSPS) is 15.8. The average molecular weight is 286 g/mol. The van der Waals surface area contributed by atoms with Crippen LogP contribution in [0.15, 0.2) is 18.5 Å². The van der Waals surface area contributed by atoms with E-state index in [0.717, 1.165) is 12.8 Å². The lowest BCUT2D eigenvalue weighted by atomic mass is 9.75. The van der Waals surface area contributed by atoms with Crippen LogP contribution >= 0.6 is 0 Å². The van der Waals surface area contributed by atoms with Crippen molar-refractivity contribution in [2.24, 2.45) is 5.73 Å². The molecule has 0 aromatic carbocycles. The molecule has 1 fully saturated rings. The molecule has 1 amide bonds. The summed E-state index contributed by atoms with van der Waals surface area (Å²) in [5.74, 6) is 5.55. The number of nitrogens with zero attached hydrogens (tertiary/aromatic N) is 2. The first-order valence-corrected chi connectivity index (χ1v) is 7.18. The number of hydrogen-bond acceptors (Lipinski definition) is 4. The van der Waals surface area contributed by atoms with Crippen molar-refractivity contribution in [2.75, 3.05) is 27.2 Å². The number of likely N-dealkylation sites (N-methyl/N-ethyl adjacent to an activating group) is 1. The molecule has 1 heterocycles. The maximum absolute atomic E-state index is 12.4. The molecule has 112 valence electrons. The first-order chi connectivity index (χ1) is 10.1. The lowest BCUT2D eigenvalue weighted by Gasteiger charge is -2.47. The van der Waals surface area contributed by atoms with Gasteiger partial charge in [0.25, 0.3) is 5.91 Å². The predicted octanol–water partition coefficient (Wildman–Crippen LogP) is 0.606. The molecule has 5 nitrogen and oxygen atoms in total. The van der Waals surface area contributed by atoms with Crippen LogP contribution in [0.4, 0.5) is 0 Å². The molecule has 0 unspecified atom stereocenters. The van der Waals surface area contributed by atoms with E-state index >= 15 is 0 Å². The van der Waals surface area contributed by atoms with Crippen molar-refractivity contribution in [3.05, 3.63) is 29.6 Å². The lowest BCUT2D eigenvalue weighted by molar-refractivity contribution is 0.0557. The predicted molar refractivity (Wildman–Crippen MR) is 82.8 cm³/mol. The largest absolute Gasteiger partial charge is 0.350 e. The Morgan fingerprint density at radius 2 is 2.29 bits per heavy atom. The highest BCUT2D eigenvalue weighted by molar-refractivity contribution is 5.96. The van der Waals surface area contributed by atoms with Gasteiger partial charge >= 0.3 is 0 Å². The number of rotatable bonds is 4. The second kappa shape index (κ2) is 6.70. The molecule has 1 aliphatic carbocycles. The summed E-state index contributed by atoms with van der Waals surface area (Å²) in [7, 11) is 4.13. The maximum atomic E-state index is 12.4. The summed E-state index contributed by atoms with van der Waals surface area (Å²) in [5, 5.41) is 3.03. The summed E-state index contributed by atoms with van der Waals surface area (Å²) in [4.78, 5) is 18.6. The number of nitrogens with two attached hydrogens (primary N) is 1. The Labute approximate surface area is 125 Å². The molecule has 0 saturated heterocycles. The molecule has 21 heavy (non-hydrogen) atoms. The number of amides is 1. The Bertz CT molecular complexity index is 567. The molecule has 5 heteroatoms. The van der Waals surface area contributed by atoms with Crippen molar-refractivity contribution in [1.29, 1.82) is 0 Å². The van der Waals surface area contributed by atoms with Crippen molar-refractivity contribution >= 4 is 5.91 Å². The molecule has 0 spiro atoms. The zero-order valence-electron chi connectivity index (χ0n) is 12.6. The van der Waals surface area contributed by atoms with Crippen LogP contribution in [0.5, 0.6) is 0 Å². The number of hydrogen-bond donors (Lipinski definition) is 2. The molecule has 3 N–H and O–H groups in total. The molecule has 1 aliphatic rings. The summed E-state index contributed by atoms with van der Waals surface area (Å²) in [6.07, 6.45) is 6.67. The second-order valence-electron chi connectivity index (χ2n) is 5.58. The summed E-state index contributed by atoms with van der Waals surface area (Å²) in [6.45, 7) is 0.921. The zero-order chi connectivity index (χ0) is 15.3. The first kappa shape index (κ1) is 15.5. The van der Waals surface area contributed by atoms with Crippen LogP contribution in [-0.2, 0) is 0 Å². The quantitative estimate of drug-likeness (QED) is 0.795. The van der Waals surface area contributed by atoms with Gasteiger partial charge in [0.05, 0.1) is 17.7 Å². The van der Waals surface area contributed by atoms with Crippen molar-refractivity contribution in [3.63, 3.8) is 0 Å². The Morgan fingerprint density at radius 3 is 2.86 bits per heavy atom. The number of carbonyl (C=O) groups excluding carboxylic acids is 1. The van der Waals surface area contributed by atoms with E-state index in [1.165, 1.54) is 6.42 Å². The molecular formula is C16H22N4O. The van der Waals surface area contributed by atoms with Gasteiger partial charge in [-0.15, -0.1) is 0 Å². The smallest absolute Gasteiger partial charge is 0.252 e. The van der Waals surface area contributed by atoms with Gasteiger partial charge in [-0.25, -0.2) is 0 Å².